The lowest BCUT2D eigenvalue weighted by Gasteiger charge is -2.37. The van der Waals surface area contributed by atoms with Crippen LogP contribution in [0.3, 0.4) is 0 Å². The van der Waals surface area contributed by atoms with Crippen molar-refractivity contribution < 1.29 is 17.6 Å². The molecule has 2 aromatic rings. The molecule has 9 heteroatoms. The van der Waals surface area contributed by atoms with Gasteiger partial charge in [0.25, 0.3) is 0 Å². The molecule has 0 saturated heterocycles. The molecule has 0 saturated carbocycles. The number of aliphatic imine (C=N–C) groups is 1. The maximum absolute atomic E-state index is 14.6. The van der Waals surface area contributed by atoms with Gasteiger partial charge < -0.3 is 5.73 Å². The lowest BCUT2D eigenvalue weighted by molar-refractivity contribution is 0.0987. The number of ketones is 1. The number of sulfone groups is 1. The fourth-order valence-corrected chi connectivity index (χ4v) is 4.78. The number of nitrogens with two attached hydrogens (primary N) is 1. The molecule has 0 unspecified atom stereocenters. The summed E-state index contributed by atoms with van der Waals surface area (Å²) in [7, 11) is -3.71. The summed E-state index contributed by atoms with van der Waals surface area (Å²) < 4.78 is 38.7. The summed E-state index contributed by atoms with van der Waals surface area (Å²) in [6.07, 6.45) is 1.49. The van der Waals surface area contributed by atoms with Gasteiger partial charge in [-0.15, -0.1) is 0 Å². The number of Topliss-reactive ketones (excluding diaryl/α,β-unsaturated/α-hetero) is 1. The first-order valence-corrected chi connectivity index (χ1v) is 10.7. The normalized spacial score (nSPS) is 22.7. The molecular weight excluding hydrogens is 395 g/mol. The standard InChI is InChI=1S/C20H23FN4O3S/c1-12-5-8-15(23-10-12)16(26)9-13-6-7-14(21)17(24-13)20(4)11-29(27,28)19(2,3)18(22)25-20/h5-8,10H,9,11H2,1-4H3,(H2,22,25)/t20-/m0/s1. The quantitative estimate of drug-likeness (QED) is 0.761. The topological polar surface area (TPSA) is 115 Å². The van der Waals surface area contributed by atoms with E-state index < -0.39 is 31.7 Å². The van der Waals surface area contributed by atoms with Gasteiger partial charge in [0.2, 0.25) is 0 Å². The van der Waals surface area contributed by atoms with Crippen molar-refractivity contribution in [3.05, 3.63) is 58.9 Å². The van der Waals surface area contributed by atoms with E-state index in [1.807, 2.05) is 6.92 Å². The Morgan fingerprint density at radius 3 is 2.48 bits per heavy atom. The average molecular weight is 418 g/mol. The maximum atomic E-state index is 14.6. The highest BCUT2D eigenvalue weighted by Crippen LogP contribution is 2.36. The number of rotatable bonds is 4. The molecule has 3 rings (SSSR count). The molecule has 1 atom stereocenters. The Balaban J connectivity index is 1.98. The molecule has 0 bridgehead atoms. The van der Waals surface area contributed by atoms with Crippen LogP contribution >= 0.6 is 0 Å². The van der Waals surface area contributed by atoms with E-state index >= 15 is 0 Å². The van der Waals surface area contributed by atoms with Crippen molar-refractivity contribution in [2.24, 2.45) is 10.7 Å². The number of carbonyl (C=O) groups is 1. The molecule has 0 amide bonds. The maximum Gasteiger partial charge on any atom is 0.187 e. The van der Waals surface area contributed by atoms with Crippen LogP contribution in [0.4, 0.5) is 4.39 Å². The van der Waals surface area contributed by atoms with Gasteiger partial charge in [-0.3, -0.25) is 19.8 Å². The van der Waals surface area contributed by atoms with E-state index in [0.29, 0.717) is 5.69 Å². The smallest absolute Gasteiger partial charge is 0.187 e. The van der Waals surface area contributed by atoms with Crippen LogP contribution in [-0.2, 0) is 21.8 Å². The number of nitrogens with zero attached hydrogens (tertiary/aromatic N) is 3. The van der Waals surface area contributed by atoms with Crippen LogP contribution in [0.5, 0.6) is 0 Å². The molecule has 29 heavy (non-hydrogen) atoms. The predicted molar refractivity (Wildman–Crippen MR) is 108 cm³/mol. The Labute approximate surface area is 169 Å². The highest BCUT2D eigenvalue weighted by molar-refractivity contribution is 7.93. The summed E-state index contributed by atoms with van der Waals surface area (Å²) in [5, 5.41) is 0. The van der Waals surface area contributed by atoms with Crippen LogP contribution in [0.1, 0.15) is 48.2 Å². The SMILES string of the molecule is Cc1ccc(C(=O)Cc2ccc(F)c([C@]3(C)CS(=O)(=O)C(C)(C)C(N)=N3)n2)nc1. The van der Waals surface area contributed by atoms with Crippen molar-refractivity contribution in [1.82, 2.24) is 9.97 Å². The molecule has 2 aromatic heterocycles. The lowest BCUT2D eigenvalue weighted by atomic mass is 9.97. The van der Waals surface area contributed by atoms with Crippen LogP contribution in [0.15, 0.2) is 35.5 Å². The van der Waals surface area contributed by atoms with Gasteiger partial charge in [-0.2, -0.15) is 0 Å². The molecule has 0 spiro atoms. The van der Waals surface area contributed by atoms with E-state index in [1.165, 1.54) is 26.8 Å². The lowest BCUT2D eigenvalue weighted by Crippen LogP contribution is -2.55. The molecule has 0 fully saturated rings. The number of pyridine rings is 2. The van der Waals surface area contributed by atoms with Gasteiger partial charge in [0, 0.05) is 11.9 Å². The molecule has 2 N–H and O–H groups in total. The summed E-state index contributed by atoms with van der Waals surface area (Å²) in [4.78, 5) is 25.1. The first-order valence-electron chi connectivity index (χ1n) is 9.05. The average Bonchev–Trinajstić information content (AvgIpc) is 2.62. The second kappa shape index (κ2) is 6.98. The first-order chi connectivity index (χ1) is 13.4. The highest BCUT2D eigenvalue weighted by Gasteiger charge is 2.50. The molecule has 7 nitrogen and oxygen atoms in total. The van der Waals surface area contributed by atoms with Gasteiger partial charge in [-0.05, 0) is 51.5 Å². The zero-order valence-corrected chi connectivity index (χ0v) is 17.5. The van der Waals surface area contributed by atoms with E-state index in [4.69, 9.17) is 5.73 Å². The van der Waals surface area contributed by atoms with Crippen LogP contribution in [0.2, 0.25) is 0 Å². The Morgan fingerprint density at radius 1 is 1.21 bits per heavy atom. The summed E-state index contributed by atoms with van der Waals surface area (Å²) >= 11 is 0. The van der Waals surface area contributed by atoms with E-state index in [0.717, 1.165) is 11.6 Å². The molecule has 1 aliphatic heterocycles. The molecule has 0 aliphatic carbocycles. The predicted octanol–water partition coefficient (Wildman–Crippen LogP) is 2.13. The molecule has 3 heterocycles. The van der Waals surface area contributed by atoms with E-state index in [1.54, 1.807) is 18.3 Å². The number of halogens is 1. The molecule has 1 aliphatic rings. The molecule has 0 aromatic carbocycles. The second-order valence-corrected chi connectivity index (χ2v) is 10.5. The Morgan fingerprint density at radius 2 is 1.90 bits per heavy atom. The van der Waals surface area contributed by atoms with Crippen molar-refractivity contribution in [1.29, 1.82) is 0 Å². The van der Waals surface area contributed by atoms with Crippen LogP contribution < -0.4 is 5.73 Å². The summed E-state index contributed by atoms with van der Waals surface area (Å²) in [6, 6.07) is 5.95. The van der Waals surface area contributed by atoms with Crippen molar-refractivity contribution in [2.75, 3.05) is 5.75 Å². The van der Waals surface area contributed by atoms with Crippen molar-refractivity contribution in [3.8, 4) is 0 Å². The highest BCUT2D eigenvalue weighted by atomic mass is 32.2. The molecule has 154 valence electrons. The van der Waals surface area contributed by atoms with Gasteiger partial charge in [0.1, 0.15) is 33.3 Å². The van der Waals surface area contributed by atoms with E-state index in [-0.39, 0.29) is 29.4 Å². The number of carbonyl (C=O) groups excluding carboxylic acids is 1. The zero-order valence-electron chi connectivity index (χ0n) is 16.7. The third kappa shape index (κ3) is 3.78. The summed E-state index contributed by atoms with van der Waals surface area (Å²) in [5.74, 6) is -1.52. The Kier molecular flexibility index (Phi) is 5.06. The minimum absolute atomic E-state index is 0.0993. The largest absolute Gasteiger partial charge is 0.386 e. The zero-order chi connectivity index (χ0) is 21.6. The van der Waals surface area contributed by atoms with Gasteiger partial charge in [0.15, 0.2) is 15.6 Å². The Hall–Kier alpha value is -2.68. The minimum Gasteiger partial charge on any atom is -0.386 e. The van der Waals surface area contributed by atoms with Crippen LogP contribution in [-0.4, -0.2) is 40.5 Å². The third-order valence-electron chi connectivity index (χ3n) is 5.19. The summed E-state index contributed by atoms with van der Waals surface area (Å²) in [5.41, 5.74) is 5.78. The monoisotopic (exact) mass is 418 g/mol. The van der Waals surface area contributed by atoms with Gasteiger partial charge in [-0.1, -0.05) is 6.07 Å². The van der Waals surface area contributed by atoms with E-state index in [9.17, 15) is 17.6 Å². The number of amidine groups is 1. The van der Waals surface area contributed by atoms with Crippen LogP contribution in [0.25, 0.3) is 0 Å². The third-order valence-corrected chi connectivity index (χ3v) is 7.89. The molecule has 0 radical (unpaired) electrons. The van der Waals surface area contributed by atoms with E-state index in [2.05, 4.69) is 15.0 Å². The Bertz CT molecular complexity index is 1110. The van der Waals surface area contributed by atoms with Crippen molar-refractivity contribution in [3.63, 3.8) is 0 Å². The minimum atomic E-state index is -3.71. The second-order valence-electron chi connectivity index (χ2n) is 7.99. The fourth-order valence-electron chi connectivity index (χ4n) is 3.11. The van der Waals surface area contributed by atoms with Gasteiger partial charge >= 0.3 is 0 Å². The van der Waals surface area contributed by atoms with Crippen molar-refractivity contribution in [2.45, 2.75) is 44.4 Å². The number of aryl methyl sites for hydroxylation is 1. The number of hydrogen-bond acceptors (Lipinski definition) is 7. The number of aromatic nitrogens is 2. The van der Waals surface area contributed by atoms with Gasteiger partial charge in [-0.25, -0.2) is 12.8 Å². The first kappa shape index (κ1) is 21.0. The fraction of sp³-hybridized carbons (Fsp3) is 0.400. The summed E-state index contributed by atoms with van der Waals surface area (Å²) in [6.45, 7) is 6.27. The number of hydrogen-bond donors (Lipinski definition) is 1. The van der Waals surface area contributed by atoms with Crippen LogP contribution in [0, 0.1) is 12.7 Å². The van der Waals surface area contributed by atoms with Crippen molar-refractivity contribution >= 4 is 21.5 Å². The van der Waals surface area contributed by atoms with Gasteiger partial charge in [0.05, 0.1) is 12.2 Å². The molecular formula is C20H23FN4O3S.